The fraction of sp³-hybridized carbons (Fsp3) is 0.222. The molecule has 1 atom stereocenters. The van der Waals surface area contributed by atoms with Crippen LogP contribution in [0.15, 0.2) is 48.5 Å². The summed E-state index contributed by atoms with van der Waals surface area (Å²) in [4.78, 5) is 10.00. The number of aliphatic hydroxyl groups is 1. The summed E-state index contributed by atoms with van der Waals surface area (Å²) in [5, 5.41) is 16.9. The number of hydrogen-bond acceptors (Lipinski definition) is 2. The predicted molar refractivity (Wildman–Crippen MR) is 82.5 cm³/mol. The number of halogens is 2. The molecule has 1 aliphatic carbocycles. The van der Waals surface area contributed by atoms with Gasteiger partial charge in [-0.2, -0.15) is 0 Å². The Balaban J connectivity index is 0.000000185. The number of hydrogen-bond donors (Lipinski definition) is 2. The molecule has 2 N–H and O–H groups in total. The van der Waals surface area contributed by atoms with Crippen LogP contribution in [0.4, 0.5) is 8.78 Å². The first-order valence-electron chi connectivity index (χ1n) is 7.21. The van der Waals surface area contributed by atoms with Crippen LogP contribution in [0.2, 0.25) is 0 Å². The van der Waals surface area contributed by atoms with Crippen molar-refractivity contribution in [2.24, 2.45) is 0 Å². The molecule has 1 fully saturated rings. The van der Waals surface area contributed by atoms with Gasteiger partial charge in [-0.15, -0.1) is 0 Å². The lowest BCUT2D eigenvalue weighted by molar-refractivity contribution is -0.146. The quantitative estimate of drug-likeness (QED) is 0.900. The van der Waals surface area contributed by atoms with Crippen molar-refractivity contribution in [1.29, 1.82) is 0 Å². The van der Waals surface area contributed by atoms with Gasteiger partial charge >= 0.3 is 5.97 Å². The molecule has 2 aromatic rings. The fourth-order valence-corrected chi connectivity index (χ4v) is 1.94. The zero-order valence-electron chi connectivity index (χ0n) is 12.4. The second-order valence-electron chi connectivity index (χ2n) is 5.32. The minimum Gasteiger partial charge on any atom is -0.479 e. The molecule has 1 unspecified atom stereocenters. The molecule has 0 bridgehead atoms. The maximum absolute atomic E-state index is 12.6. The summed E-state index contributed by atoms with van der Waals surface area (Å²) in [6, 6.07) is 12.2. The van der Waals surface area contributed by atoms with Crippen LogP contribution in [0.3, 0.4) is 0 Å². The van der Waals surface area contributed by atoms with Crippen LogP contribution in [-0.4, -0.2) is 22.3 Å². The highest BCUT2D eigenvalue weighted by molar-refractivity contribution is 5.72. The van der Waals surface area contributed by atoms with Crippen LogP contribution in [0.1, 0.15) is 19.3 Å². The van der Waals surface area contributed by atoms with Gasteiger partial charge in [0.05, 0.1) is 0 Å². The summed E-state index contributed by atoms with van der Waals surface area (Å²) in [5.74, 6) is -0.481. The topological polar surface area (TPSA) is 57.5 Å². The summed E-state index contributed by atoms with van der Waals surface area (Å²) in [7, 11) is 0. The van der Waals surface area contributed by atoms with E-state index < -0.39 is 12.1 Å². The smallest absolute Gasteiger partial charge is 0.332 e. The number of aliphatic carboxylic acids is 1. The summed E-state index contributed by atoms with van der Waals surface area (Å²) in [5.41, 5.74) is 1.76. The zero-order valence-corrected chi connectivity index (χ0v) is 12.4. The first kappa shape index (κ1) is 17.1. The van der Waals surface area contributed by atoms with Crippen molar-refractivity contribution in [1.82, 2.24) is 0 Å². The van der Waals surface area contributed by atoms with E-state index in [1.54, 1.807) is 24.3 Å². The molecule has 0 saturated heterocycles. The van der Waals surface area contributed by atoms with E-state index in [2.05, 4.69) is 0 Å². The minimum atomic E-state index is -1.16. The van der Waals surface area contributed by atoms with Gasteiger partial charge in [0, 0.05) is 0 Å². The molecule has 1 aliphatic rings. The van der Waals surface area contributed by atoms with Crippen molar-refractivity contribution in [3.63, 3.8) is 0 Å². The van der Waals surface area contributed by atoms with Crippen molar-refractivity contribution < 1.29 is 23.8 Å². The average molecular weight is 319 g/mol. The third kappa shape index (κ3) is 5.79. The van der Waals surface area contributed by atoms with Crippen LogP contribution in [0, 0.1) is 17.6 Å². The van der Waals surface area contributed by atoms with E-state index in [4.69, 9.17) is 10.2 Å². The lowest BCUT2D eigenvalue weighted by Crippen LogP contribution is -2.19. The summed E-state index contributed by atoms with van der Waals surface area (Å²) in [6.07, 6.45) is 1.20. The molecule has 3 nitrogen and oxygen atoms in total. The van der Waals surface area contributed by atoms with E-state index in [9.17, 15) is 13.6 Å². The molecule has 1 saturated carbocycles. The van der Waals surface area contributed by atoms with Gasteiger partial charge in [-0.25, -0.2) is 13.6 Å². The lowest BCUT2D eigenvalue weighted by Gasteiger charge is -2.00. The third-order valence-corrected chi connectivity index (χ3v) is 3.39. The molecular formula is C18H17F2O3. The van der Waals surface area contributed by atoms with E-state index in [0.717, 1.165) is 24.0 Å². The van der Waals surface area contributed by atoms with Crippen LogP contribution in [0.5, 0.6) is 0 Å². The van der Waals surface area contributed by atoms with Gasteiger partial charge in [0.1, 0.15) is 11.6 Å². The maximum atomic E-state index is 12.6. The molecule has 5 heteroatoms. The molecule has 0 aliphatic heterocycles. The van der Waals surface area contributed by atoms with Crippen molar-refractivity contribution >= 4 is 5.97 Å². The van der Waals surface area contributed by atoms with Gasteiger partial charge in [-0.3, -0.25) is 0 Å². The molecule has 23 heavy (non-hydrogen) atoms. The number of aliphatic hydroxyl groups excluding tert-OH is 1. The minimum absolute atomic E-state index is 0.268. The van der Waals surface area contributed by atoms with E-state index in [1.807, 2.05) is 0 Å². The van der Waals surface area contributed by atoms with Gasteiger partial charge in [0.2, 0.25) is 0 Å². The Kier molecular flexibility index (Phi) is 5.82. The Bertz CT molecular complexity index is 591. The summed E-state index contributed by atoms with van der Waals surface area (Å²) < 4.78 is 25.2. The molecule has 0 aromatic heterocycles. The van der Waals surface area contributed by atoms with Gasteiger partial charge in [0.15, 0.2) is 6.10 Å². The first-order valence-corrected chi connectivity index (χ1v) is 7.21. The number of carboxylic acid groups (broad SMARTS) is 1. The van der Waals surface area contributed by atoms with Crippen molar-refractivity contribution in [2.45, 2.75) is 25.4 Å². The van der Waals surface area contributed by atoms with Gasteiger partial charge < -0.3 is 10.2 Å². The Labute approximate surface area is 133 Å². The van der Waals surface area contributed by atoms with Crippen LogP contribution >= 0.6 is 0 Å². The van der Waals surface area contributed by atoms with Crippen molar-refractivity contribution in [3.8, 4) is 11.1 Å². The normalized spacial score (nSPS) is 14.6. The average Bonchev–Trinajstić information content (AvgIpc) is 3.33. The molecular weight excluding hydrogens is 302 g/mol. The Morgan fingerprint density at radius 1 is 0.913 bits per heavy atom. The second-order valence-corrected chi connectivity index (χ2v) is 5.32. The molecule has 3 rings (SSSR count). The van der Waals surface area contributed by atoms with Crippen molar-refractivity contribution in [3.05, 3.63) is 66.1 Å². The van der Waals surface area contributed by atoms with E-state index >= 15 is 0 Å². The van der Waals surface area contributed by atoms with E-state index in [-0.39, 0.29) is 11.6 Å². The Hall–Kier alpha value is -2.27. The lowest BCUT2D eigenvalue weighted by atomic mass is 10.1. The Morgan fingerprint density at radius 2 is 1.30 bits per heavy atom. The standard InChI is InChI=1S/C12H8F2.C6H9O3/c13-11-5-1-9(2-6-11)10-3-7-12(14)8-4-10;7-5(6(8)9)3-4-1-2-4/h1-8H;5,7H,1-3H2,(H,8,9). The largest absolute Gasteiger partial charge is 0.479 e. The summed E-state index contributed by atoms with van der Waals surface area (Å²) in [6.45, 7) is 0. The van der Waals surface area contributed by atoms with Crippen LogP contribution in [0.25, 0.3) is 11.1 Å². The molecule has 0 heterocycles. The number of carbonyl (C=O) groups is 1. The maximum Gasteiger partial charge on any atom is 0.332 e. The SMILES string of the molecule is Fc1ccc(-c2ccc(F)cc2)cc1.O=C(O)C(O)C[C]1CC1. The zero-order chi connectivity index (χ0) is 16.8. The third-order valence-electron chi connectivity index (χ3n) is 3.39. The highest BCUT2D eigenvalue weighted by Crippen LogP contribution is 2.36. The number of rotatable bonds is 4. The molecule has 0 amide bonds. The number of benzene rings is 2. The van der Waals surface area contributed by atoms with E-state index in [0.29, 0.717) is 6.42 Å². The van der Waals surface area contributed by atoms with Crippen LogP contribution < -0.4 is 0 Å². The van der Waals surface area contributed by atoms with Gasteiger partial charge in [-0.05, 0) is 60.6 Å². The van der Waals surface area contributed by atoms with Gasteiger partial charge in [0.25, 0.3) is 0 Å². The fourth-order valence-electron chi connectivity index (χ4n) is 1.94. The first-order chi connectivity index (χ1) is 11.0. The monoisotopic (exact) mass is 319 g/mol. The predicted octanol–water partition coefficient (Wildman–Crippen LogP) is 3.82. The molecule has 0 spiro atoms. The highest BCUT2D eigenvalue weighted by atomic mass is 19.1. The Morgan fingerprint density at radius 3 is 1.61 bits per heavy atom. The molecule has 2 aromatic carbocycles. The van der Waals surface area contributed by atoms with E-state index in [1.165, 1.54) is 30.2 Å². The van der Waals surface area contributed by atoms with Crippen molar-refractivity contribution in [2.75, 3.05) is 0 Å². The highest BCUT2D eigenvalue weighted by Gasteiger charge is 2.27. The summed E-state index contributed by atoms with van der Waals surface area (Å²) >= 11 is 0. The molecule has 1 radical (unpaired) electrons. The van der Waals surface area contributed by atoms with Gasteiger partial charge in [-0.1, -0.05) is 24.3 Å². The van der Waals surface area contributed by atoms with Crippen LogP contribution in [-0.2, 0) is 4.79 Å². The number of carboxylic acids is 1. The second kappa shape index (κ2) is 7.83. The molecule has 121 valence electrons.